The summed E-state index contributed by atoms with van der Waals surface area (Å²) in [6.07, 6.45) is 0. The summed E-state index contributed by atoms with van der Waals surface area (Å²) >= 11 is 3.46. The number of nitrogens with two attached hydrogens (primary N) is 1. The van der Waals surface area contributed by atoms with Crippen LogP contribution in [0.3, 0.4) is 0 Å². The number of aryl methyl sites for hydroxylation is 1. The van der Waals surface area contributed by atoms with Crippen LogP contribution in [0.1, 0.15) is 11.3 Å². The fraction of sp³-hybridized carbons (Fsp3) is 0.133. The fourth-order valence-corrected chi connectivity index (χ4v) is 4.01. The van der Waals surface area contributed by atoms with Crippen molar-refractivity contribution in [1.82, 2.24) is 9.78 Å². The van der Waals surface area contributed by atoms with Crippen LogP contribution in [0.4, 0.5) is 0 Å². The van der Waals surface area contributed by atoms with Crippen LogP contribution in [0.2, 0.25) is 0 Å². The van der Waals surface area contributed by atoms with Crippen molar-refractivity contribution < 1.29 is 0 Å². The molecule has 0 saturated heterocycles. The Morgan fingerprint density at radius 1 is 1.20 bits per heavy atom. The summed E-state index contributed by atoms with van der Waals surface area (Å²) < 4.78 is 3.24. The number of nitrogens with zero attached hydrogens (tertiary/aromatic N) is 2. The Bertz CT molecular complexity index is 687. The Kier molecular flexibility index (Phi) is 3.91. The number of thiophene rings is 1. The van der Waals surface area contributed by atoms with E-state index >= 15 is 0 Å². The van der Waals surface area contributed by atoms with Gasteiger partial charge in [-0.05, 0) is 30.5 Å². The van der Waals surface area contributed by atoms with Gasteiger partial charge in [0.1, 0.15) is 5.03 Å². The second-order valence-corrected chi connectivity index (χ2v) is 6.59. The largest absolute Gasteiger partial charge is 0.326 e. The Hall–Kier alpha value is -1.56. The highest BCUT2D eigenvalue weighted by Crippen LogP contribution is 2.36. The summed E-state index contributed by atoms with van der Waals surface area (Å²) in [7, 11) is 0. The quantitative estimate of drug-likeness (QED) is 0.796. The standard InChI is InChI=1S/C15H15N3S2/c1-11-13(10-16)15(20-14-8-5-9-19-14)18(17-11)12-6-3-2-4-7-12/h2-9H,10,16H2,1H3. The molecule has 0 unspecified atom stereocenters. The number of hydrogen-bond donors (Lipinski definition) is 1. The van der Waals surface area contributed by atoms with Crippen LogP contribution in [0.5, 0.6) is 0 Å². The number of benzene rings is 1. The van der Waals surface area contributed by atoms with Crippen molar-refractivity contribution in [3.63, 3.8) is 0 Å². The minimum atomic E-state index is 0.506. The van der Waals surface area contributed by atoms with Crippen LogP contribution >= 0.6 is 23.1 Å². The third kappa shape index (κ3) is 2.52. The molecule has 1 aromatic carbocycles. The molecular formula is C15H15N3S2. The van der Waals surface area contributed by atoms with Gasteiger partial charge >= 0.3 is 0 Å². The molecule has 2 N–H and O–H groups in total. The molecule has 3 rings (SSSR count). The van der Waals surface area contributed by atoms with Gasteiger partial charge in [0.05, 0.1) is 15.6 Å². The van der Waals surface area contributed by atoms with Crippen LogP contribution in [0.15, 0.2) is 57.1 Å². The zero-order chi connectivity index (χ0) is 13.9. The van der Waals surface area contributed by atoms with E-state index < -0.39 is 0 Å². The highest BCUT2D eigenvalue weighted by Gasteiger charge is 2.16. The van der Waals surface area contributed by atoms with E-state index in [1.54, 1.807) is 23.1 Å². The van der Waals surface area contributed by atoms with Gasteiger partial charge in [0, 0.05) is 12.1 Å². The molecule has 0 atom stereocenters. The summed E-state index contributed by atoms with van der Waals surface area (Å²) in [5.74, 6) is 0. The minimum Gasteiger partial charge on any atom is -0.326 e. The summed E-state index contributed by atoms with van der Waals surface area (Å²) in [5.41, 5.74) is 9.09. The van der Waals surface area contributed by atoms with E-state index in [2.05, 4.69) is 34.7 Å². The van der Waals surface area contributed by atoms with Crippen LogP contribution in [0.25, 0.3) is 5.69 Å². The molecule has 2 heterocycles. The van der Waals surface area contributed by atoms with Crippen molar-refractivity contribution in [2.75, 3.05) is 0 Å². The number of para-hydroxylation sites is 1. The maximum absolute atomic E-state index is 5.91. The molecular weight excluding hydrogens is 286 g/mol. The minimum absolute atomic E-state index is 0.506. The predicted octanol–water partition coefficient (Wildman–Crippen LogP) is 3.85. The van der Waals surface area contributed by atoms with Crippen molar-refractivity contribution in [3.8, 4) is 5.69 Å². The first kappa shape index (κ1) is 13.4. The molecule has 0 aliphatic rings. The summed E-state index contributed by atoms with van der Waals surface area (Å²) in [4.78, 5) is 0. The van der Waals surface area contributed by atoms with E-state index in [1.165, 1.54) is 4.21 Å². The molecule has 0 fully saturated rings. The van der Waals surface area contributed by atoms with Gasteiger partial charge in [0.15, 0.2) is 0 Å². The first-order chi connectivity index (χ1) is 9.79. The molecule has 0 saturated carbocycles. The average molecular weight is 301 g/mol. The van der Waals surface area contributed by atoms with E-state index in [0.29, 0.717) is 6.54 Å². The smallest absolute Gasteiger partial charge is 0.110 e. The van der Waals surface area contributed by atoms with E-state index in [-0.39, 0.29) is 0 Å². The third-order valence-electron chi connectivity index (χ3n) is 3.03. The molecule has 3 nitrogen and oxygen atoms in total. The molecule has 0 radical (unpaired) electrons. The van der Waals surface area contributed by atoms with Crippen molar-refractivity contribution >= 4 is 23.1 Å². The number of aromatic nitrogens is 2. The number of hydrogen-bond acceptors (Lipinski definition) is 4. The van der Waals surface area contributed by atoms with Crippen LogP contribution < -0.4 is 5.73 Å². The lowest BCUT2D eigenvalue weighted by Crippen LogP contribution is -2.01. The highest BCUT2D eigenvalue weighted by atomic mass is 32.2. The van der Waals surface area contributed by atoms with Gasteiger partial charge in [-0.2, -0.15) is 5.10 Å². The molecule has 3 aromatic rings. The summed E-state index contributed by atoms with van der Waals surface area (Å²) in [6.45, 7) is 2.52. The van der Waals surface area contributed by atoms with Crippen LogP contribution in [0, 0.1) is 6.92 Å². The molecule has 102 valence electrons. The third-order valence-corrected chi connectivity index (χ3v) is 5.18. The lowest BCUT2D eigenvalue weighted by atomic mass is 10.3. The maximum Gasteiger partial charge on any atom is 0.110 e. The number of rotatable bonds is 4. The Morgan fingerprint density at radius 2 is 2.00 bits per heavy atom. The first-order valence-corrected chi connectivity index (χ1v) is 8.04. The molecule has 5 heteroatoms. The fourth-order valence-electron chi connectivity index (χ4n) is 2.04. The van der Waals surface area contributed by atoms with E-state index in [4.69, 9.17) is 5.73 Å². The topological polar surface area (TPSA) is 43.8 Å². The average Bonchev–Trinajstić information content (AvgIpc) is 3.08. The predicted molar refractivity (Wildman–Crippen MR) is 84.6 cm³/mol. The van der Waals surface area contributed by atoms with Crippen molar-refractivity contribution in [1.29, 1.82) is 0 Å². The van der Waals surface area contributed by atoms with Crippen molar-refractivity contribution in [2.24, 2.45) is 5.73 Å². The van der Waals surface area contributed by atoms with Crippen molar-refractivity contribution in [3.05, 3.63) is 59.1 Å². The van der Waals surface area contributed by atoms with Gasteiger partial charge in [0.25, 0.3) is 0 Å². The van der Waals surface area contributed by atoms with Crippen molar-refractivity contribution in [2.45, 2.75) is 22.7 Å². The molecule has 0 aliphatic carbocycles. The van der Waals surface area contributed by atoms with E-state index in [9.17, 15) is 0 Å². The van der Waals surface area contributed by atoms with Gasteiger partial charge in [-0.1, -0.05) is 36.0 Å². The normalized spacial score (nSPS) is 10.9. The zero-order valence-corrected chi connectivity index (χ0v) is 12.7. The lowest BCUT2D eigenvalue weighted by molar-refractivity contribution is 0.788. The van der Waals surface area contributed by atoms with Gasteiger partial charge in [-0.25, -0.2) is 4.68 Å². The summed E-state index contributed by atoms with van der Waals surface area (Å²) in [5, 5.41) is 7.85. The van der Waals surface area contributed by atoms with Gasteiger partial charge in [-0.15, -0.1) is 11.3 Å². The molecule has 0 spiro atoms. The molecule has 0 aliphatic heterocycles. The molecule has 20 heavy (non-hydrogen) atoms. The highest BCUT2D eigenvalue weighted by molar-refractivity contribution is 8.01. The first-order valence-electron chi connectivity index (χ1n) is 6.35. The van der Waals surface area contributed by atoms with Gasteiger partial charge in [-0.3, -0.25) is 0 Å². The summed E-state index contributed by atoms with van der Waals surface area (Å²) in [6, 6.07) is 14.4. The maximum atomic E-state index is 5.91. The molecule has 2 aromatic heterocycles. The van der Waals surface area contributed by atoms with Gasteiger partial charge in [0.2, 0.25) is 0 Å². The second-order valence-electron chi connectivity index (χ2n) is 4.35. The zero-order valence-electron chi connectivity index (χ0n) is 11.1. The Labute approximate surface area is 126 Å². The van der Waals surface area contributed by atoms with Gasteiger partial charge < -0.3 is 5.73 Å². The van der Waals surface area contributed by atoms with Crippen LogP contribution in [-0.2, 0) is 6.54 Å². The molecule has 0 bridgehead atoms. The Morgan fingerprint density at radius 3 is 2.65 bits per heavy atom. The van der Waals surface area contributed by atoms with E-state index in [0.717, 1.165) is 22.0 Å². The second kappa shape index (κ2) is 5.83. The Balaban J connectivity index is 2.10. The lowest BCUT2D eigenvalue weighted by Gasteiger charge is -2.07. The van der Waals surface area contributed by atoms with Crippen LogP contribution in [-0.4, -0.2) is 9.78 Å². The SMILES string of the molecule is Cc1nn(-c2ccccc2)c(Sc2cccs2)c1CN. The molecule has 0 amide bonds. The monoisotopic (exact) mass is 301 g/mol. The van der Waals surface area contributed by atoms with E-state index in [1.807, 2.05) is 29.8 Å².